The molecule has 0 radical (unpaired) electrons. The Kier molecular flexibility index (Phi) is 6.88. The van der Waals surface area contributed by atoms with Crippen LogP contribution in [0.4, 0.5) is 11.6 Å². The smallest absolute Gasteiger partial charge is 0.227 e. The number of fused-ring (bicyclic) bond motifs is 1. The van der Waals surface area contributed by atoms with Crippen molar-refractivity contribution in [2.75, 3.05) is 42.6 Å². The largest absolute Gasteiger partial charge is 0.492 e. The number of aromatic amines is 1. The molecule has 1 fully saturated rings. The molecule has 1 aliphatic rings. The first-order valence-corrected chi connectivity index (χ1v) is 8.23. The molecule has 1 N–H and O–H groups in total. The molecule has 0 amide bonds. The lowest BCUT2D eigenvalue weighted by Gasteiger charge is -2.36. The minimum Gasteiger partial charge on any atom is -0.492 e. The van der Waals surface area contributed by atoms with Gasteiger partial charge in [-0.2, -0.15) is 10.1 Å². The molecule has 0 atom stereocenters. The molecule has 26 heavy (non-hydrogen) atoms. The molecule has 140 valence electrons. The van der Waals surface area contributed by atoms with Gasteiger partial charge in [-0.25, -0.2) is 4.98 Å². The van der Waals surface area contributed by atoms with E-state index in [4.69, 9.17) is 4.74 Å². The minimum atomic E-state index is 0. The van der Waals surface area contributed by atoms with Gasteiger partial charge in [0.1, 0.15) is 5.75 Å². The third kappa shape index (κ3) is 3.94. The molecule has 3 heterocycles. The van der Waals surface area contributed by atoms with Crippen molar-refractivity contribution >= 4 is 47.5 Å². The number of H-pyrrole nitrogens is 1. The zero-order chi connectivity index (χ0) is 16.4. The second kappa shape index (κ2) is 8.91. The van der Waals surface area contributed by atoms with Gasteiger partial charge < -0.3 is 14.5 Å². The van der Waals surface area contributed by atoms with E-state index in [1.807, 2.05) is 25.3 Å². The first-order chi connectivity index (χ1) is 11.8. The van der Waals surface area contributed by atoms with E-state index >= 15 is 0 Å². The van der Waals surface area contributed by atoms with Crippen LogP contribution in [0.2, 0.25) is 0 Å². The van der Waals surface area contributed by atoms with Crippen LogP contribution >= 0.6 is 24.8 Å². The Hall–Kier alpha value is -2.25. The van der Waals surface area contributed by atoms with Gasteiger partial charge in [0, 0.05) is 32.4 Å². The topological polar surface area (TPSA) is 70.2 Å². The number of ether oxygens (including phenoxy) is 1. The Labute approximate surface area is 164 Å². The normalized spacial score (nSPS) is 13.9. The van der Waals surface area contributed by atoms with E-state index in [0.29, 0.717) is 6.61 Å². The second-order valence-electron chi connectivity index (χ2n) is 5.72. The number of hydrogen-bond acceptors (Lipinski definition) is 6. The van der Waals surface area contributed by atoms with E-state index < -0.39 is 0 Å². The summed E-state index contributed by atoms with van der Waals surface area (Å²) in [6.07, 6.45) is 3.56. The van der Waals surface area contributed by atoms with Crippen LogP contribution in [0.25, 0.3) is 11.0 Å². The van der Waals surface area contributed by atoms with E-state index in [9.17, 15) is 0 Å². The minimum absolute atomic E-state index is 0. The number of halogens is 2. The maximum atomic E-state index is 5.75. The summed E-state index contributed by atoms with van der Waals surface area (Å²) >= 11 is 0. The highest BCUT2D eigenvalue weighted by atomic mass is 35.5. The Morgan fingerprint density at radius 3 is 2.54 bits per heavy atom. The van der Waals surface area contributed by atoms with Gasteiger partial charge in [-0.3, -0.25) is 5.10 Å². The predicted octanol–water partition coefficient (Wildman–Crippen LogP) is 2.92. The van der Waals surface area contributed by atoms with Crippen molar-refractivity contribution in [2.24, 2.45) is 0 Å². The van der Waals surface area contributed by atoms with E-state index in [1.165, 1.54) is 0 Å². The van der Waals surface area contributed by atoms with Crippen LogP contribution < -0.4 is 14.5 Å². The Morgan fingerprint density at radius 1 is 1.04 bits per heavy atom. The number of aromatic nitrogens is 4. The lowest BCUT2D eigenvalue weighted by Crippen LogP contribution is -2.47. The summed E-state index contributed by atoms with van der Waals surface area (Å²) in [5.74, 6) is 1.70. The molecular weight excluding hydrogens is 375 g/mol. The van der Waals surface area contributed by atoms with Crippen LogP contribution in [-0.4, -0.2) is 53.0 Å². The van der Waals surface area contributed by atoms with Crippen LogP contribution in [0.3, 0.4) is 0 Å². The Bertz CT molecular complexity index is 835. The summed E-state index contributed by atoms with van der Waals surface area (Å²) in [4.78, 5) is 13.6. The monoisotopic (exact) mass is 396 g/mol. The summed E-state index contributed by atoms with van der Waals surface area (Å²) in [6, 6.07) is 8.21. The molecule has 0 unspecified atom stereocenters. The van der Waals surface area contributed by atoms with Crippen LogP contribution in [-0.2, 0) is 0 Å². The lowest BCUT2D eigenvalue weighted by atomic mass is 10.2. The second-order valence-corrected chi connectivity index (χ2v) is 5.72. The fraction of sp³-hybridized carbons (Fsp3) is 0.353. The van der Waals surface area contributed by atoms with Crippen LogP contribution in [0.1, 0.15) is 6.92 Å². The number of hydrogen-bond donors (Lipinski definition) is 1. The molecule has 1 aliphatic heterocycles. The van der Waals surface area contributed by atoms with Crippen molar-refractivity contribution < 1.29 is 4.74 Å². The number of piperazine rings is 1. The summed E-state index contributed by atoms with van der Waals surface area (Å²) in [5, 5.41) is 7.83. The van der Waals surface area contributed by atoms with Gasteiger partial charge in [0.05, 0.1) is 23.9 Å². The molecule has 9 heteroatoms. The van der Waals surface area contributed by atoms with Crippen molar-refractivity contribution in [3.63, 3.8) is 0 Å². The molecule has 1 saturated heterocycles. The van der Waals surface area contributed by atoms with Crippen molar-refractivity contribution in [1.82, 2.24) is 20.2 Å². The third-order valence-corrected chi connectivity index (χ3v) is 4.25. The van der Waals surface area contributed by atoms with Crippen LogP contribution in [0.15, 0.2) is 36.7 Å². The Balaban J connectivity index is 0.00000121. The fourth-order valence-electron chi connectivity index (χ4n) is 3.02. The summed E-state index contributed by atoms with van der Waals surface area (Å²) in [5.41, 5.74) is 1.94. The zero-order valence-electron chi connectivity index (χ0n) is 14.5. The highest BCUT2D eigenvalue weighted by Gasteiger charge is 2.21. The van der Waals surface area contributed by atoms with E-state index in [0.717, 1.165) is 54.6 Å². The maximum absolute atomic E-state index is 5.75. The number of para-hydroxylation sites is 2. The summed E-state index contributed by atoms with van der Waals surface area (Å²) in [6.45, 7) is 6.26. The molecule has 0 aliphatic carbocycles. The summed E-state index contributed by atoms with van der Waals surface area (Å²) in [7, 11) is 0. The molecule has 4 rings (SSSR count). The van der Waals surface area contributed by atoms with Gasteiger partial charge >= 0.3 is 0 Å². The first kappa shape index (κ1) is 20.1. The average Bonchev–Trinajstić information content (AvgIpc) is 3.10. The van der Waals surface area contributed by atoms with E-state index in [2.05, 4.69) is 42.1 Å². The quantitative estimate of drug-likeness (QED) is 0.730. The first-order valence-electron chi connectivity index (χ1n) is 8.23. The van der Waals surface area contributed by atoms with Gasteiger partial charge in [-0.1, -0.05) is 12.1 Å². The SMILES string of the molecule is CCOc1ccccc1N1CCN(c2ncc3cn[nH]c3n2)CC1.Cl.Cl. The van der Waals surface area contributed by atoms with Gasteiger partial charge in [0.2, 0.25) is 5.95 Å². The summed E-state index contributed by atoms with van der Waals surface area (Å²) < 4.78 is 5.75. The number of nitrogens with one attached hydrogen (secondary N) is 1. The Morgan fingerprint density at radius 2 is 1.77 bits per heavy atom. The standard InChI is InChI=1S/C17H20N6O.2ClH/c1-2-24-15-6-4-3-5-14(15)22-7-9-23(10-8-22)17-18-11-13-12-19-21-16(13)20-17;;/h3-6,11-12H,2,7-10H2,1H3,(H,18,19,20,21);2*1H. The van der Waals surface area contributed by atoms with Crippen molar-refractivity contribution in [3.05, 3.63) is 36.7 Å². The molecule has 0 bridgehead atoms. The molecule has 0 saturated carbocycles. The van der Waals surface area contributed by atoms with E-state index in [-0.39, 0.29) is 24.8 Å². The van der Waals surface area contributed by atoms with Crippen LogP contribution in [0.5, 0.6) is 5.75 Å². The average molecular weight is 397 g/mol. The molecule has 1 aromatic carbocycles. The molecule has 2 aromatic heterocycles. The molecule has 7 nitrogen and oxygen atoms in total. The van der Waals surface area contributed by atoms with Gasteiger partial charge in [0.25, 0.3) is 0 Å². The maximum Gasteiger partial charge on any atom is 0.227 e. The van der Waals surface area contributed by atoms with Gasteiger partial charge in [-0.05, 0) is 19.1 Å². The number of nitrogens with zero attached hydrogens (tertiary/aromatic N) is 5. The number of rotatable bonds is 4. The molecule has 3 aromatic rings. The highest BCUT2D eigenvalue weighted by Crippen LogP contribution is 2.29. The van der Waals surface area contributed by atoms with Crippen molar-refractivity contribution in [1.29, 1.82) is 0 Å². The fourth-order valence-corrected chi connectivity index (χ4v) is 3.02. The van der Waals surface area contributed by atoms with Crippen LogP contribution in [0, 0.1) is 0 Å². The van der Waals surface area contributed by atoms with E-state index in [1.54, 1.807) is 6.20 Å². The number of anilines is 2. The van der Waals surface area contributed by atoms with Crippen molar-refractivity contribution in [2.45, 2.75) is 6.92 Å². The lowest BCUT2D eigenvalue weighted by molar-refractivity contribution is 0.340. The molecule has 0 spiro atoms. The van der Waals surface area contributed by atoms with Gasteiger partial charge in [-0.15, -0.1) is 24.8 Å². The highest BCUT2D eigenvalue weighted by molar-refractivity contribution is 5.85. The van der Waals surface area contributed by atoms with Crippen molar-refractivity contribution in [3.8, 4) is 5.75 Å². The molecular formula is C17H22Cl2N6O. The predicted molar refractivity (Wildman–Crippen MR) is 108 cm³/mol. The van der Waals surface area contributed by atoms with Gasteiger partial charge in [0.15, 0.2) is 5.65 Å². The third-order valence-electron chi connectivity index (χ3n) is 4.25. The zero-order valence-corrected chi connectivity index (χ0v) is 16.1. The number of benzene rings is 1.